The number of esters is 2. The van der Waals surface area contributed by atoms with Gasteiger partial charge in [0, 0.05) is 12.8 Å². The van der Waals surface area contributed by atoms with Crippen LogP contribution in [0.1, 0.15) is 296 Å². The SMILES string of the molecule is CC/C=C\C/C=C\C/C=C\C/C=C\C/C=C\C/C=C\C/C=C\C/C=C\C/C=C\C/C=C\CCCCCCCCCCC(=O)OC(COC(=O)CCCCCCCCCCCCCCCCCCCC/C=C\C/C=C\C/C=C\C/C=C\CC)COC(OCC[N+](C)(C)C)C(=O)[O-]. The second-order valence-corrected chi connectivity index (χ2v) is 26.2. The van der Waals surface area contributed by atoms with Crippen molar-refractivity contribution in [3.8, 4) is 0 Å². The number of rotatable bonds is 69. The zero-order valence-electron chi connectivity index (χ0n) is 61.5. The fraction of sp³-hybridized carbons (Fsp3) is 0.640. The van der Waals surface area contributed by atoms with Gasteiger partial charge in [0.1, 0.15) is 13.2 Å². The second kappa shape index (κ2) is 74.4. The number of unbranched alkanes of at least 4 members (excludes halogenated alkanes) is 26. The average molecular weight is 1320 g/mol. The minimum Gasteiger partial charge on any atom is -0.545 e. The molecule has 9 nitrogen and oxygen atoms in total. The van der Waals surface area contributed by atoms with Crippen LogP contribution in [0.2, 0.25) is 0 Å². The number of carbonyl (C=O) groups excluding carboxylic acids is 3. The molecule has 0 spiro atoms. The van der Waals surface area contributed by atoms with E-state index in [-0.39, 0.29) is 38.6 Å². The maximum Gasteiger partial charge on any atom is 0.306 e. The lowest BCUT2D eigenvalue weighted by atomic mass is 10.0. The molecule has 0 saturated carbocycles. The van der Waals surface area contributed by atoms with Crippen molar-refractivity contribution >= 4 is 17.9 Å². The van der Waals surface area contributed by atoms with E-state index in [1.54, 1.807) is 0 Å². The number of aliphatic carboxylic acids is 1. The lowest BCUT2D eigenvalue weighted by molar-refractivity contribution is -0.870. The largest absolute Gasteiger partial charge is 0.545 e. The van der Waals surface area contributed by atoms with Crippen molar-refractivity contribution in [1.29, 1.82) is 0 Å². The molecule has 0 N–H and O–H groups in total. The Morgan fingerprint density at radius 2 is 0.568 bits per heavy atom. The topological polar surface area (TPSA) is 111 Å². The van der Waals surface area contributed by atoms with Crippen molar-refractivity contribution in [3.63, 3.8) is 0 Å². The Hall–Kier alpha value is -5.35. The minimum atomic E-state index is -1.63. The first-order chi connectivity index (χ1) is 46.6. The lowest BCUT2D eigenvalue weighted by Crippen LogP contribution is -2.44. The zero-order valence-corrected chi connectivity index (χ0v) is 61.5. The third-order valence-corrected chi connectivity index (χ3v) is 16.0. The van der Waals surface area contributed by atoms with E-state index in [4.69, 9.17) is 18.9 Å². The van der Waals surface area contributed by atoms with E-state index in [1.807, 2.05) is 21.1 Å². The number of nitrogens with zero attached hydrogens (tertiary/aromatic N) is 1. The highest BCUT2D eigenvalue weighted by atomic mass is 16.7. The summed E-state index contributed by atoms with van der Waals surface area (Å²) >= 11 is 0. The Morgan fingerprint density at radius 3 is 0.842 bits per heavy atom. The van der Waals surface area contributed by atoms with Crippen molar-refractivity contribution in [1.82, 2.24) is 0 Å². The van der Waals surface area contributed by atoms with Crippen molar-refractivity contribution in [3.05, 3.63) is 170 Å². The van der Waals surface area contributed by atoms with Gasteiger partial charge in [-0.1, -0.05) is 325 Å². The van der Waals surface area contributed by atoms with Crippen LogP contribution in [0, 0.1) is 0 Å². The van der Waals surface area contributed by atoms with E-state index in [2.05, 4.69) is 184 Å². The number of quaternary nitrogens is 1. The highest BCUT2D eigenvalue weighted by Gasteiger charge is 2.22. The van der Waals surface area contributed by atoms with Crippen molar-refractivity contribution in [2.45, 2.75) is 309 Å². The molecular formula is C86H141NO8. The highest BCUT2D eigenvalue weighted by Crippen LogP contribution is 2.17. The van der Waals surface area contributed by atoms with Crippen LogP contribution in [0.3, 0.4) is 0 Å². The smallest absolute Gasteiger partial charge is 0.306 e. The fourth-order valence-corrected chi connectivity index (χ4v) is 10.2. The van der Waals surface area contributed by atoms with Gasteiger partial charge in [0.15, 0.2) is 12.4 Å². The van der Waals surface area contributed by atoms with Gasteiger partial charge in [0.2, 0.25) is 0 Å². The number of hydrogen-bond donors (Lipinski definition) is 0. The van der Waals surface area contributed by atoms with E-state index < -0.39 is 24.3 Å². The molecule has 0 amide bonds. The van der Waals surface area contributed by atoms with Gasteiger partial charge in [-0.25, -0.2) is 0 Å². The number of ether oxygens (including phenoxy) is 4. The predicted molar refractivity (Wildman–Crippen MR) is 407 cm³/mol. The number of carboxylic acids is 1. The van der Waals surface area contributed by atoms with Crippen molar-refractivity contribution < 1.29 is 42.9 Å². The summed E-state index contributed by atoms with van der Waals surface area (Å²) in [5.41, 5.74) is 0. The third-order valence-electron chi connectivity index (χ3n) is 16.0. The molecule has 0 fully saturated rings. The molecular weight excluding hydrogens is 1170 g/mol. The Balaban J connectivity index is 4.14. The summed E-state index contributed by atoms with van der Waals surface area (Å²) in [7, 11) is 5.92. The van der Waals surface area contributed by atoms with Gasteiger partial charge in [-0.05, 0) is 128 Å². The molecule has 0 bridgehead atoms. The molecule has 0 aromatic carbocycles. The summed E-state index contributed by atoms with van der Waals surface area (Å²) < 4.78 is 22.8. The molecule has 95 heavy (non-hydrogen) atoms. The van der Waals surface area contributed by atoms with E-state index in [9.17, 15) is 19.5 Å². The van der Waals surface area contributed by atoms with Crippen molar-refractivity contribution in [2.24, 2.45) is 0 Å². The van der Waals surface area contributed by atoms with Gasteiger partial charge in [-0.3, -0.25) is 9.59 Å². The fourth-order valence-electron chi connectivity index (χ4n) is 10.2. The van der Waals surface area contributed by atoms with E-state index in [0.29, 0.717) is 17.4 Å². The van der Waals surface area contributed by atoms with Crippen LogP contribution in [-0.4, -0.2) is 82.3 Å². The number of likely N-dealkylation sites (N-methyl/N-ethyl adjacent to an activating group) is 1. The molecule has 0 aromatic rings. The van der Waals surface area contributed by atoms with Crippen LogP contribution in [0.25, 0.3) is 0 Å². The average Bonchev–Trinajstić information content (AvgIpc) is 2.92. The van der Waals surface area contributed by atoms with Crippen LogP contribution < -0.4 is 5.11 Å². The Labute approximate surface area is 584 Å². The Morgan fingerprint density at radius 1 is 0.316 bits per heavy atom. The van der Waals surface area contributed by atoms with Crippen LogP contribution in [0.15, 0.2) is 170 Å². The standard InChI is InChI=1S/C86H141NO8/c1-6-8-10-12-14-16-18-20-22-24-26-28-30-32-34-36-38-39-40-41-42-43-44-45-47-49-51-53-55-57-59-61-63-65-67-69-71-73-75-77-84(89)95-82(81-94-86(85(90)91)92-79-78-87(3,4)5)80-93-83(88)76-74-72-70-68-66-64-62-60-58-56-54-52-50-48-46-37-35-33-31-29-27-25-23-21-19-17-15-13-11-9-7-2/h8-11,14-17,20-23,26-29,32,34,38-39,41-42,44-45,49,51,55,57,82,86H,6-7,12-13,18-19,24-25,30-31,33,35-37,40,43,46-48,50,52-54,56,58-81H2,1-5H3/b10-8-,11-9-,16-14-,17-15-,22-20-,23-21-,28-26-,29-27-,34-32-,39-38-,42-41-,45-44-,51-49-,57-55-. The first-order valence-corrected chi connectivity index (χ1v) is 38.3. The number of carboxylic acid groups (broad SMARTS) is 1. The molecule has 0 saturated heterocycles. The minimum absolute atomic E-state index is 0.139. The highest BCUT2D eigenvalue weighted by molar-refractivity contribution is 5.70. The first kappa shape index (κ1) is 89.6. The first-order valence-electron chi connectivity index (χ1n) is 38.3. The van der Waals surface area contributed by atoms with Crippen molar-refractivity contribution in [2.75, 3.05) is 47.5 Å². The molecule has 538 valence electrons. The third kappa shape index (κ3) is 75.9. The summed E-state index contributed by atoms with van der Waals surface area (Å²) in [6.07, 6.45) is 109. The van der Waals surface area contributed by atoms with E-state index in [0.717, 1.165) is 135 Å². The molecule has 0 aliphatic rings. The monoisotopic (exact) mass is 1320 g/mol. The summed E-state index contributed by atoms with van der Waals surface area (Å²) in [5.74, 6) is -2.30. The Bertz CT molecular complexity index is 2170. The van der Waals surface area contributed by atoms with Crippen LogP contribution in [-0.2, 0) is 33.3 Å². The maximum absolute atomic E-state index is 13.0. The maximum atomic E-state index is 13.0. The predicted octanol–water partition coefficient (Wildman–Crippen LogP) is 23.2. The summed E-state index contributed by atoms with van der Waals surface area (Å²) in [5, 5.41) is 11.9. The number of hydrogen-bond acceptors (Lipinski definition) is 8. The lowest BCUT2D eigenvalue weighted by Gasteiger charge is -2.26. The summed E-state index contributed by atoms with van der Waals surface area (Å²) in [6.45, 7) is 4.52. The Kier molecular flexibility index (Phi) is 70.2. The van der Waals surface area contributed by atoms with E-state index in [1.165, 1.54) is 128 Å². The quantitative estimate of drug-likeness (QED) is 0.0195. The number of carbonyl (C=O) groups is 3. The second-order valence-electron chi connectivity index (χ2n) is 26.2. The summed E-state index contributed by atoms with van der Waals surface area (Å²) in [6, 6.07) is 0. The molecule has 0 rings (SSSR count). The number of allylic oxidation sites excluding steroid dienone is 28. The van der Waals surface area contributed by atoms with Gasteiger partial charge in [-0.15, -0.1) is 0 Å². The van der Waals surface area contributed by atoms with Crippen LogP contribution in [0.4, 0.5) is 0 Å². The molecule has 2 unspecified atom stereocenters. The molecule has 0 heterocycles. The normalized spacial score (nSPS) is 13.7. The summed E-state index contributed by atoms with van der Waals surface area (Å²) in [4.78, 5) is 37.6. The van der Waals surface area contributed by atoms with Gasteiger partial charge < -0.3 is 33.3 Å². The van der Waals surface area contributed by atoms with Gasteiger partial charge in [-0.2, -0.15) is 0 Å². The zero-order chi connectivity index (χ0) is 69.0. The van der Waals surface area contributed by atoms with Crippen LogP contribution in [0.5, 0.6) is 0 Å². The molecule has 9 heteroatoms. The molecule has 2 atom stereocenters. The van der Waals surface area contributed by atoms with Gasteiger partial charge in [0.05, 0.1) is 40.3 Å². The van der Waals surface area contributed by atoms with Gasteiger partial charge >= 0.3 is 11.9 Å². The molecule has 0 aliphatic carbocycles. The van der Waals surface area contributed by atoms with Crippen LogP contribution >= 0.6 is 0 Å². The molecule has 0 aliphatic heterocycles. The molecule has 0 aromatic heterocycles. The van der Waals surface area contributed by atoms with E-state index >= 15 is 0 Å². The molecule has 0 radical (unpaired) electrons. The van der Waals surface area contributed by atoms with Gasteiger partial charge in [0.25, 0.3) is 0 Å².